The molecule has 0 aliphatic heterocycles. The first-order valence-electron chi connectivity index (χ1n) is 5.79. The second-order valence-corrected chi connectivity index (χ2v) is 4.52. The molecule has 0 bridgehead atoms. The van der Waals surface area contributed by atoms with E-state index in [0.29, 0.717) is 5.02 Å². The van der Waals surface area contributed by atoms with E-state index in [0.717, 1.165) is 5.56 Å². The molecule has 0 radical (unpaired) electrons. The quantitative estimate of drug-likeness (QED) is 0.597. The van der Waals surface area contributed by atoms with Crippen molar-refractivity contribution in [1.29, 1.82) is 0 Å². The van der Waals surface area contributed by atoms with Crippen LogP contribution in [-0.4, -0.2) is 9.97 Å². The predicted octanol–water partition coefficient (Wildman–Crippen LogP) is 3.05. The smallest absolute Gasteiger partial charge is 0.366 e. The van der Waals surface area contributed by atoms with E-state index in [1.165, 1.54) is 6.07 Å². The van der Waals surface area contributed by atoms with E-state index in [9.17, 15) is 13.2 Å². The lowest BCUT2D eigenvalue weighted by Gasteiger charge is -2.11. The van der Waals surface area contributed by atoms with E-state index < -0.39 is 12.0 Å². The van der Waals surface area contributed by atoms with Gasteiger partial charge in [0, 0.05) is 17.6 Å². The first-order chi connectivity index (χ1) is 9.88. The molecule has 2 aromatic rings. The van der Waals surface area contributed by atoms with Crippen LogP contribution in [0.3, 0.4) is 0 Å². The summed E-state index contributed by atoms with van der Waals surface area (Å²) in [6.45, 7) is 0.287. The van der Waals surface area contributed by atoms with Crippen LogP contribution < -0.4 is 16.6 Å². The lowest BCUT2D eigenvalue weighted by atomic mass is 10.2. The van der Waals surface area contributed by atoms with Crippen molar-refractivity contribution in [2.75, 3.05) is 10.7 Å². The Kier molecular flexibility index (Phi) is 4.49. The molecule has 112 valence electrons. The van der Waals surface area contributed by atoms with E-state index in [4.69, 9.17) is 17.4 Å². The van der Waals surface area contributed by atoms with Gasteiger partial charge in [0.05, 0.1) is 0 Å². The number of nitrogens with two attached hydrogens (primary N) is 1. The van der Waals surface area contributed by atoms with Crippen LogP contribution in [0.1, 0.15) is 11.4 Å². The molecule has 1 heterocycles. The zero-order valence-electron chi connectivity index (χ0n) is 10.6. The van der Waals surface area contributed by atoms with Gasteiger partial charge in [-0.2, -0.15) is 13.2 Å². The molecule has 21 heavy (non-hydrogen) atoms. The zero-order valence-corrected chi connectivity index (χ0v) is 11.3. The normalized spacial score (nSPS) is 11.3. The van der Waals surface area contributed by atoms with E-state index in [2.05, 4.69) is 20.7 Å². The monoisotopic (exact) mass is 317 g/mol. The van der Waals surface area contributed by atoms with Crippen LogP contribution in [0.5, 0.6) is 0 Å². The van der Waals surface area contributed by atoms with Gasteiger partial charge in [-0.25, -0.2) is 15.8 Å². The average molecular weight is 318 g/mol. The van der Waals surface area contributed by atoms with Crippen molar-refractivity contribution >= 4 is 23.2 Å². The molecule has 0 atom stereocenters. The molecule has 0 spiro atoms. The molecule has 0 amide bonds. The number of nitrogens with one attached hydrogen (secondary N) is 2. The largest absolute Gasteiger partial charge is 0.451 e. The molecule has 0 saturated carbocycles. The van der Waals surface area contributed by atoms with Crippen LogP contribution >= 0.6 is 11.6 Å². The number of hydrogen-bond acceptors (Lipinski definition) is 5. The summed E-state index contributed by atoms with van der Waals surface area (Å²) in [6, 6.07) is 8.16. The number of aromatic nitrogens is 2. The van der Waals surface area contributed by atoms with Crippen LogP contribution in [0.15, 0.2) is 30.3 Å². The van der Waals surface area contributed by atoms with Crippen molar-refractivity contribution in [2.24, 2.45) is 5.84 Å². The Morgan fingerprint density at radius 1 is 1.10 bits per heavy atom. The molecule has 9 heteroatoms. The lowest BCUT2D eigenvalue weighted by molar-refractivity contribution is -0.144. The molecule has 0 unspecified atom stereocenters. The maximum atomic E-state index is 12.7. The van der Waals surface area contributed by atoms with Gasteiger partial charge in [0.2, 0.25) is 5.82 Å². The second kappa shape index (κ2) is 6.15. The molecule has 1 aromatic heterocycles. The SMILES string of the molecule is NNc1cc(NCc2ccc(Cl)cc2)nc(C(F)(F)F)n1. The first kappa shape index (κ1) is 15.3. The predicted molar refractivity (Wildman–Crippen MR) is 73.6 cm³/mol. The van der Waals surface area contributed by atoms with Crippen LogP contribution in [0.25, 0.3) is 0 Å². The third kappa shape index (κ3) is 4.20. The molecule has 2 rings (SSSR count). The van der Waals surface area contributed by atoms with Crippen molar-refractivity contribution in [3.63, 3.8) is 0 Å². The summed E-state index contributed by atoms with van der Waals surface area (Å²) in [5, 5.41) is 3.36. The number of alkyl halides is 3. The Bertz CT molecular complexity index is 615. The lowest BCUT2D eigenvalue weighted by Crippen LogP contribution is -2.17. The standard InChI is InChI=1S/C12H11ClF3N5/c13-8-3-1-7(2-4-8)6-18-9-5-10(21-17)20-11(19-9)12(14,15)16/h1-5H,6,17H2,(H2,18,19,20,21). The van der Waals surface area contributed by atoms with E-state index in [-0.39, 0.29) is 18.2 Å². The maximum Gasteiger partial charge on any atom is 0.451 e. The molecule has 4 N–H and O–H groups in total. The molecule has 0 saturated heterocycles. The highest BCUT2D eigenvalue weighted by Crippen LogP contribution is 2.28. The number of anilines is 2. The third-order valence-corrected chi connectivity index (χ3v) is 2.77. The average Bonchev–Trinajstić information content (AvgIpc) is 2.45. The fraction of sp³-hybridized carbons (Fsp3) is 0.167. The Balaban J connectivity index is 2.17. The van der Waals surface area contributed by atoms with Crippen LogP contribution in [0.4, 0.5) is 24.8 Å². The molecule has 0 aliphatic carbocycles. The van der Waals surface area contributed by atoms with Crippen LogP contribution in [0.2, 0.25) is 5.02 Å². The number of hydrazine groups is 1. The summed E-state index contributed by atoms with van der Waals surface area (Å²) >= 11 is 5.75. The molecule has 0 aliphatic rings. The molecule has 1 aromatic carbocycles. The van der Waals surface area contributed by atoms with Crippen molar-refractivity contribution in [1.82, 2.24) is 9.97 Å². The number of benzene rings is 1. The minimum atomic E-state index is -4.65. The molecular formula is C12H11ClF3N5. The van der Waals surface area contributed by atoms with E-state index in [1.54, 1.807) is 24.3 Å². The molecule has 0 fully saturated rings. The summed E-state index contributed by atoms with van der Waals surface area (Å²) in [5.74, 6) is 3.72. The summed E-state index contributed by atoms with van der Waals surface area (Å²) in [7, 11) is 0. The Labute approximate surface area is 123 Å². The Morgan fingerprint density at radius 2 is 1.71 bits per heavy atom. The summed E-state index contributed by atoms with van der Waals surface area (Å²) < 4.78 is 38.0. The van der Waals surface area contributed by atoms with E-state index in [1.807, 2.05) is 0 Å². The second-order valence-electron chi connectivity index (χ2n) is 4.08. The van der Waals surface area contributed by atoms with Gasteiger partial charge < -0.3 is 10.7 Å². The third-order valence-electron chi connectivity index (χ3n) is 2.51. The number of rotatable bonds is 4. The molecular weight excluding hydrogens is 307 g/mol. The fourth-order valence-electron chi connectivity index (χ4n) is 1.53. The van der Waals surface area contributed by atoms with Gasteiger partial charge in [-0.3, -0.25) is 0 Å². The highest BCUT2D eigenvalue weighted by atomic mass is 35.5. The van der Waals surface area contributed by atoms with Gasteiger partial charge in [0.1, 0.15) is 11.6 Å². The minimum Gasteiger partial charge on any atom is -0.366 e. The highest BCUT2D eigenvalue weighted by molar-refractivity contribution is 6.30. The Morgan fingerprint density at radius 3 is 2.29 bits per heavy atom. The van der Waals surface area contributed by atoms with Gasteiger partial charge in [-0.05, 0) is 17.7 Å². The van der Waals surface area contributed by atoms with Gasteiger partial charge >= 0.3 is 6.18 Å². The molecule has 5 nitrogen and oxygen atoms in total. The topological polar surface area (TPSA) is 75.9 Å². The zero-order chi connectivity index (χ0) is 15.5. The highest BCUT2D eigenvalue weighted by Gasteiger charge is 2.35. The number of nitrogen functional groups attached to an aromatic ring is 1. The summed E-state index contributed by atoms with van der Waals surface area (Å²) in [4.78, 5) is 6.68. The summed E-state index contributed by atoms with van der Waals surface area (Å²) in [5.41, 5.74) is 2.92. The van der Waals surface area contributed by atoms with Crippen molar-refractivity contribution in [2.45, 2.75) is 12.7 Å². The summed E-state index contributed by atoms with van der Waals surface area (Å²) in [6.07, 6.45) is -4.65. The van der Waals surface area contributed by atoms with Gasteiger partial charge in [-0.15, -0.1) is 0 Å². The van der Waals surface area contributed by atoms with Crippen molar-refractivity contribution in [3.8, 4) is 0 Å². The number of nitrogens with zero attached hydrogens (tertiary/aromatic N) is 2. The van der Waals surface area contributed by atoms with Crippen LogP contribution in [-0.2, 0) is 12.7 Å². The van der Waals surface area contributed by atoms with Gasteiger partial charge in [0.15, 0.2) is 0 Å². The first-order valence-corrected chi connectivity index (χ1v) is 6.17. The minimum absolute atomic E-state index is 0.0141. The van der Waals surface area contributed by atoms with Gasteiger partial charge in [-0.1, -0.05) is 23.7 Å². The number of halogens is 4. The maximum absolute atomic E-state index is 12.7. The van der Waals surface area contributed by atoms with E-state index >= 15 is 0 Å². The van der Waals surface area contributed by atoms with Gasteiger partial charge in [0.25, 0.3) is 0 Å². The van der Waals surface area contributed by atoms with Crippen molar-refractivity contribution in [3.05, 3.63) is 46.7 Å². The van der Waals surface area contributed by atoms with Crippen LogP contribution in [0, 0.1) is 0 Å². The Hall–Kier alpha value is -2.06. The van der Waals surface area contributed by atoms with Crippen molar-refractivity contribution < 1.29 is 13.2 Å². The fourth-order valence-corrected chi connectivity index (χ4v) is 1.66. The number of hydrogen-bond donors (Lipinski definition) is 3.